The fourth-order valence-electron chi connectivity index (χ4n) is 1.46. The van der Waals surface area contributed by atoms with Gasteiger partial charge in [-0.25, -0.2) is 9.98 Å². The Bertz CT molecular complexity index is 795. The van der Waals surface area contributed by atoms with Crippen LogP contribution in [0.3, 0.4) is 0 Å². The van der Waals surface area contributed by atoms with Crippen LogP contribution in [0.25, 0.3) is 10.2 Å². The van der Waals surface area contributed by atoms with E-state index in [0.29, 0.717) is 10.2 Å². The van der Waals surface area contributed by atoms with Gasteiger partial charge in [0, 0.05) is 19.1 Å². The Labute approximate surface area is 138 Å². The Morgan fingerprint density at radius 1 is 1.24 bits per heavy atom. The maximum atomic E-state index is 5.97. The summed E-state index contributed by atoms with van der Waals surface area (Å²) in [6, 6.07) is 5.71. The van der Waals surface area contributed by atoms with Gasteiger partial charge in [0.1, 0.15) is 0 Å². The summed E-state index contributed by atoms with van der Waals surface area (Å²) >= 11 is 10.5. The van der Waals surface area contributed by atoms with Crippen LogP contribution >= 0.6 is 46.0 Å². The Kier molecular flexibility index (Phi) is 4.39. The molecular weight excluding hydrogens is 346 g/mol. The monoisotopic (exact) mass is 355 g/mol. The van der Waals surface area contributed by atoms with Crippen molar-refractivity contribution in [1.29, 1.82) is 0 Å². The lowest BCUT2D eigenvalue weighted by Gasteiger charge is -1.99. The number of halogens is 1. The first-order chi connectivity index (χ1) is 10.1. The molecular formula is C12H10ClN5S3. The van der Waals surface area contributed by atoms with Gasteiger partial charge in [-0.15, -0.1) is 21.5 Å². The fraction of sp³-hybridized carbons (Fsp3) is 0.167. The predicted octanol–water partition coefficient (Wildman–Crippen LogP) is 4.17. The van der Waals surface area contributed by atoms with E-state index in [4.69, 9.17) is 11.6 Å². The van der Waals surface area contributed by atoms with Gasteiger partial charge in [-0.05, 0) is 30.0 Å². The maximum Gasteiger partial charge on any atom is 0.233 e. The molecule has 0 fully saturated rings. The van der Waals surface area contributed by atoms with E-state index in [1.165, 1.54) is 23.1 Å². The number of hydrogen-bond acceptors (Lipinski definition) is 7. The summed E-state index contributed by atoms with van der Waals surface area (Å²) in [5.74, 6) is 0. The minimum Gasteiger partial charge on any atom is -0.369 e. The fourth-order valence-corrected chi connectivity index (χ4v) is 4.55. The number of aliphatic imine (C=N–C) groups is 1. The highest BCUT2D eigenvalue weighted by Gasteiger charge is 2.10. The third-order valence-electron chi connectivity index (χ3n) is 2.30. The van der Waals surface area contributed by atoms with Crippen LogP contribution in [0.4, 0.5) is 5.13 Å². The molecule has 0 bridgehead atoms. The summed E-state index contributed by atoms with van der Waals surface area (Å²) in [4.78, 5) is 10.6. The standard InChI is InChI=1S/C12H10ClN5S3/c1-18(2)6-14-10-16-17-12(20-10)21-11-15-8-5-7(13)3-4-9(8)19-11/h3-6H,1-2H3/b14-6+. The first kappa shape index (κ1) is 14.7. The Morgan fingerprint density at radius 3 is 2.90 bits per heavy atom. The average Bonchev–Trinajstić information content (AvgIpc) is 3.02. The second kappa shape index (κ2) is 6.27. The van der Waals surface area contributed by atoms with Crippen LogP contribution in [0, 0.1) is 0 Å². The Balaban J connectivity index is 1.78. The number of benzene rings is 1. The number of nitrogens with zero attached hydrogens (tertiary/aromatic N) is 5. The summed E-state index contributed by atoms with van der Waals surface area (Å²) in [7, 11) is 3.82. The molecule has 0 unspecified atom stereocenters. The van der Waals surface area contributed by atoms with Gasteiger partial charge in [0.15, 0.2) is 8.68 Å². The molecule has 3 aromatic rings. The molecule has 3 rings (SSSR count). The Hall–Kier alpha value is -1.22. The van der Waals surface area contributed by atoms with Crippen LogP contribution in [-0.4, -0.2) is 40.5 Å². The first-order valence-electron chi connectivity index (χ1n) is 5.88. The molecule has 0 spiro atoms. The van der Waals surface area contributed by atoms with Crippen molar-refractivity contribution in [1.82, 2.24) is 20.1 Å². The molecule has 108 valence electrons. The van der Waals surface area contributed by atoms with Gasteiger partial charge < -0.3 is 4.90 Å². The molecule has 0 aliphatic heterocycles. The van der Waals surface area contributed by atoms with Crippen molar-refractivity contribution < 1.29 is 0 Å². The molecule has 0 saturated carbocycles. The van der Waals surface area contributed by atoms with Gasteiger partial charge in [-0.1, -0.05) is 22.9 Å². The second-order valence-corrected chi connectivity index (χ2v) is 8.17. The van der Waals surface area contributed by atoms with Crippen LogP contribution < -0.4 is 0 Å². The number of aromatic nitrogens is 3. The molecule has 2 aromatic heterocycles. The van der Waals surface area contributed by atoms with E-state index in [2.05, 4.69) is 20.2 Å². The van der Waals surface area contributed by atoms with E-state index in [9.17, 15) is 0 Å². The molecule has 0 aliphatic rings. The van der Waals surface area contributed by atoms with E-state index < -0.39 is 0 Å². The summed E-state index contributed by atoms with van der Waals surface area (Å²) in [5.41, 5.74) is 0.908. The number of fused-ring (bicyclic) bond motifs is 1. The third-order valence-corrected chi connectivity index (χ3v) is 5.51. The topological polar surface area (TPSA) is 54.3 Å². The van der Waals surface area contributed by atoms with Crippen LogP contribution in [0.2, 0.25) is 5.02 Å². The highest BCUT2D eigenvalue weighted by Crippen LogP contribution is 2.37. The SMILES string of the molecule is CN(C)/C=N/c1nnc(Sc2nc3cc(Cl)ccc3s2)s1. The summed E-state index contributed by atoms with van der Waals surface area (Å²) in [6.07, 6.45) is 1.70. The smallest absolute Gasteiger partial charge is 0.233 e. The molecule has 0 amide bonds. The van der Waals surface area contributed by atoms with Gasteiger partial charge >= 0.3 is 0 Å². The third kappa shape index (κ3) is 3.70. The van der Waals surface area contributed by atoms with E-state index in [1.807, 2.05) is 37.2 Å². The van der Waals surface area contributed by atoms with Crippen molar-refractivity contribution in [3.63, 3.8) is 0 Å². The first-order valence-corrected chi connectivity index (χ1v) is 8.71. The van der Waals surface area contributed by atoms with Crippen molar-refractivity contribution in [3.8, 4) is 0 Å². The predicted molar refractivity (Wildman–Crippen MR) is 90.5 cm³/mol. The minimum atomic E-state index is 0.635. The molecule has 0 radical (unpaired) electrons. The van der Waals surface area contributed by atoms with E-state index in [0.717, 1.165) is 18.9 Å². The molecule has 0 aliphatic carbocycles. The number of hydrogen-bond donors (Lipinski definition) is 0. The molecule has 2 heterocycles. The quantitative estimate of drug-likeness (QED) is 0.519. The molecule has 5 nitrogen and oxygen atoms in total. The summed E-state index contributed by atoms with van der Waals surface area (Å²) < 4.78 is 2.86. The molecule has 21 heavy (non-hydrogen) atoms. The number of rotatable bonds is 4. The van der Waals surface area contributed by atoms with Gasteiger partial charge in [0.25, 0.3) is 0 Å². The molecule has 0 atom stereocenters. The van der Waals surface area contributed by atoms with Gasteiger partial charge in [0.05, 0.1) is 16.6 Å². The molecule has 0 N–H and O–H groups in total. The average molecular weight is 356 g/mol. The van der Waals surface area contributed by atoms with Crippen molar-refractivity contribution in [3.05, 3.63) is 23.2 Å². The van der Waals surface area contributed by atoms with Gasteiger partial charge in [0.2, 0.25) is 5.13 Å². The second-order valence-electron chi connectivity index (χ2n) is 4.25. The van der Waals surface area contributed by atoms with E-state index >= 15 is 0 Å². The van der Waals surface area contributed by atoms with E-state index in [1.54, 1.807) is 17.7 Å². The molecule has 1 aromatic carbocycles. The largest absolute Gasteiger partial charge is 0.369 e. The van der Waals surface area contributed by atoms with Crippen LogP contribution in [0.1, 0.15) is 0 Å². The zero-order valence-corrected chi connectivity index (χ0v) is 14.4. The zero-order valence-electron chi connectivity index (χ0n) is 11.1. The highest BCUT2D eigenvalue weighted by atomic mass is 35.5. The van der Waals surface area contributed by atoms with Gasteiger partial charge in [-0.3, -0.25) is 0 Å². The van der Waals surface area contributed by atoms with Crippen molar-refractivity contribution >= 4 is 67.7 Å². The highest BCUT2D eigenvalue weighted by molar-refractivity contribution is 8.02. The van der Waals surface area contributed by atoms with E-state index in [-0.39, 0.29) is 0 Å². The summed E-state index contributed by atoms with van der Waals surface area (Å²) in [5, 5.41) is 9.48. The lowest BCUT2D eigenvalue weighted by atomic mass is 10.3. The lowest BCUT2D eigenvalue weighted by Crippen LogP contribution is -2.06. The van der Waals surface area contributed by atoms with Crippen LogP contribution in [-0.2, 0) is 0 Å². The molecule has 0 saturated heterocycles. The zero-order chi connectivity index (χ0) is 14.8. The van der Waals surface area contributed by atoms with Crippen LogP contribution in [0.5, 0.6) is 0 Å². The van der Waals surface area contributed by atoms with Gasteiger partial charge in [-0.2, -0.15) is 0 Å². The lowest BCUT2D eigenvalue weighted by molar-refractivity contribution is 0.643. The van der Waals surface area contributed by atoms with Crippen molar-refractivity contribution in [2.24, 2.45) is 4.99 Å². The maximum absolute atomic E-state index is 5.97. The summed E-state index contributed by atoms with van der Waals surface area (Å²) in [6.45, 7) is 0. The van der Waals surface area contributed by atoms with Crippen molar-refractivity contribution in [2.75, 3.05) is 14.1 Å². The molecule has 9 heteroatoms. The van der Waals surface area contributed by atoms with Crippen molar-refractivity contribution in [2.45, 2.75) is 8.68 Å². The number of thiazole rings is 1. The van der Waals surface area contributed by atoms with Crippen LogP contribution in [0.15, 0.2) is 31.9 Å². The normalized spacial score (nSPS) is 11.6. The Morgan fingerprint density at radius 2 is 2.10 bits per heavy atom. The minimum absolute atomic E-state index is 0.635.